The van der Waals surface area contributed by atoms with Crippen LogP contribution in [0.15, 0.2) is 200 Å². The number of fused-ring (bicyclic) bond motifs is 6. The Morgan fingerprint density at radius 3 is 1.36 bits per heavy atom. The molecule has 0 N–H and O–H groups in total. The summed E-state index contributed by atoms with van der Waals surface area (Å²) in [6, 6.07) is 69.4. The monoisotopic (exact) mass is 858 g/mol. The first-order chi connectivity index (χ1) is 33.7. The van der Waals surface area contributed by atoms with Crippen LogP contribution in [0.1, 0.15) is 0 Å². The van der Waals surface area contributed by atoms with Crippen LogP contribution in [0.2, 0.25) is 0 Å². The molecule has 12 rings (SSSR count). The van der Waals surface area contributed by atoms with E-state index in [-0.39, 0.29) is 21.9 Å². The summed E-state index contributed by atoms with van der Waals surface area (Å²) < 4.78 is 4.30. The number of aromatic nitrogens is 2. The van der Waals surface area contributed by atoms with Gasteiger partial charge in [-0.3, -0.25) is 0 Å². The Balaban J connectivity index is 1.06. The lowest BCUT2D eigenvalue weighted by Crippen LogP contribution is -2.48. The molecule has 12 aromatic rings. The van der Waals surface area contributed by atoms with Gasteiger partial charge in [0.2, 0.25) is 0 Å². The topological polar surface area (TPSA) is 9.86 Å². The number of hydrogen-bond acceptors (Lipinski definition) is 0. The van der Waals surface area contributed by atoms with Crippen LogP contribution in [0, 0.1) is 0 Å². The summed E-state index contributed by atoms with van der Waals surface area (Å²) in [5, 5.41) is 3.20. The highest BCUT2D eigenvalue weighted by Crippen LogP contribution is 2.41. The van der Waals surface area contributed by atoms with Gasteiger partial charge in [0.05, 0.1) is 11.0 Å². The lowest BCUT2D eigenvalue weighted by molar-refractivity contribution is 1.18. The van der Waals surface area contributed by atoms with Crippen LogP contribution in [0.3, 0.4) is 0 Å². The predicted molar refractivity (Wildman–Crippen MR) is 300 cm³/mol. The molecule has 2 nitrogen and oxygen atoms in total. The highest BCUT2D eigenvalue weighted by Gasteiger charge is 2.25. The second kappa shape index (κ2) is 16.8. The van der Waals surface area contributed by atoms with Gasteiger partial charge in [-0.25, -0.2) is 0 Å². The number of para-hydroxylation sites is 1. The van der Waals surface area contributed by atoms with E-state index in [0.717, 1.165) is 83.3 Å². The minimum Gasteiger partial charge on any atom is -0.311 e. The smallest absolute Gasteiger partial charge is 0.115 e. The van der Waals surface area contributed by atoms with E-state index in [1.165, 1.54) is 0 Å². The van der Waals surface area contributed by atoms with Gasteiger partial charge in [0, 0.05) is 44.1 Å². The maximum absolute atomic E-state index is 7.44. The van der Waals surface area contributed by atoms with E-state index in [4.69, 9.17) is 54.9 Å². The highest BCUT2D eigenvalue weighted by atomic mass is 15.0. The van der Waals surface area contributed by atoms with Crippen LogP contribution in [-0.2, 0) is 0 Å². The van der Waals surface area contributed by atoms with Gasteiger partial charge in [0.1, 0.15) is 54.9 Å². The van der Waals surface area contributed by atoms with Crippen molar-refractivity contribution in [1.29, 1.82) is 0 Å². The first-order valence-electron chi connectivity index (χ1n) is 22.8. The zero-order valence-electron chi connectivity index (χ0n) is 37.5. The Kier molecular flexibility index (Phi) is 10.4. The molecule has 0 atom stereocenters. The van der Waals surface area contributed by atoms with Crippen molar-refractivity contribution in [3.63, 3.8) is 0 Å². The van der Waals surface area contributed by atoms with Crippen LogP contribution in [-0.4, -0.2) is 64.1 Å². The molecule has 9 heteroatoms. The van der Waals surface area contributed by atoms with Crippen molar-refractivity contribution in [2.45, 2.75) is 0 Å². The molecule has 10 aromatic carbocycles. The Hall–Kier alpha value is -7.75. The largest absolute Gasteiger partial charge is 0.311 e. The average molecular weight is 858 g/mol. The molecule has 69 heavy (non-hydrogen) atoms. The van der Waals surface area contributed by atoms with Crippen molar-refractivity contribution in [1.82, 2.24) is 9.13 Å². The van der Waals surface area contributed by atoms with E-state index in [1.807, 2.05) is 47.0 Å². The average Bonchev–Trinajstić information content (AvgIpc) is 3.94. The Morgan fingerprint density at radius 2 is 0.739 bits per heavy atom. The molecular weight excluding hydrogens is 824 g/mol. The van der Waals surface area contributed by atoms with Gasteiger partial charge in [-0.05, 0) is 91.9 Å². The fraction of sp³-hybridized carbons (Fsp3) is 0. The third kappa shape index (κ3) is 6.81. The van der Waals surface area contributed by atoms with E-state index in [0.29, 0.717) is 43.8 Å². The van der Waals surface area contributed by atoms with E-state index in [1.54, 1.807) is 0 Å². The summed E-state index contributed by atoms with van der Waals surface area (Å²) in [7, 11) is 49.0. The normalized spacial score (nSPS) is 11.6. The number of hydrogen-bond donors (Lipinski definition) is 0. The van der Waals surface area contributed by atoms with Crippen molar-refractivity contribution in [3.05, 3.63) is 200 Å². The van der Waals surface area contributed by atoms with Crippen molar-refractivity contribution >= 4 is 137 Å². The molecule has 0 saturated heterocycles. The van der Waals surface area contributed by atoms with Gasteiger partial charge in [-0.15, -0.1) is 10.9 Å². The fourth-order valence-electron chi connectivity index (χ4n) is 10.3. The fourth-order valence-corrected chi connectivity index (χ4v) is 10.3. The summed E-state index contributed by atoms with van der Waals surface area (Å²) in [6.07, 6.45) is 0. The molecule has 0 bridgehead atoms. The van der Waals surface area contributed by atoms with Gasteiger partial charge >= 0.3 is 0 Å². The minimum absolute atomic E-state index is 0.171. The first-order valence-corrected chi connectivity index (χ1v) is 22.8. The van der Waals surface area contributed by atoms with Crippen LogP contribution >= 0.6 is 0 Å². The van der Waals surface area contributed by atoms with E-state index >= 15 is 0 Å². The van der Waals surface area contributed by atoms with Crippen molar-refractivity contribution < 1.29 is 0 Å². The molecule has 0 spiro atoms. The second-order valence-corrected chi connectivity index (χ2v) is 17.6. The quantitative estimate of drug-likeness (QED) is 0.145. The second-order valence-electron chi connectivity index (χ2n) is 17.6. The van der Waals surface area contributed by atoms with E-state index in [2.05, 4.69) is 162 Å². The van der Waals surface area contributed by atoms with E-state index in [9.17, 15) is 0 Å². The Labute approximate surface area is 410 Å². The summed E-state index contributed by atoms with van der Waals surface area (Å²) in [5.74, 6) is 0. The number of nitrogens with zero attached hydrogens (tertiary/aromatic N) is 2. The third-order valence-electron chi connectivity index (χ3n) is 13.7. The van der Waals surface area contributed by atoms with Gasteiger partial charge in [0.15, 0.2) is 0 Å². The summed E-state index contributed by atoms with van der Waals surface area (Å²) in [4.78, 5) is 0. The van der Waals surface area contributed by atoms with Gasteiger partial charge in [0.25, 0.3) is 0 Å². The molecule has 2 heterocycles. The molecule has 0 amide bonds. The molecule has 0 fully saturated rings. The molecule has 0 aliphatic heterocycles. The molecule has 0 saturated carbocycles. The van der Waals surface area contributed by atoms with Gasteiger partial charge in [-0.1, -0.05) is 191 Å². The molecule has 0 aliphatic rings. The molecule has 2 aromatic heterocycles. The van der Waals surface area contributed by atoms with Gasteiger partial charge in [-0.2, -0.15) is 0 Å². The first kappa shape index (κ1) is 42.6. The standard InChI is InChI=1S/C60H33B7N2/c61-51-48(41-28-31-47-46(33-41)45-21-11-20-44(39-16-8-3-9-17-39)58(45)68(47)43-19-10-18-40(32-43)35-14-6-2-7-15-35)52(62)56(66)59-49(51)50-53(63)54(64)55(65)57(67)60(50)69(59)42-29-26-38(27-30-42)37-24-22-36(23-25-37)34-12-4-1-5-13-34/h1-33H. The number of rotatable bonds is 7. The van der Waals surface area contributed by atoms with Gasteiger partial charge < -0.3 is 9.13 Å². The Morgan fingerprint density at radius 1 is 0.261 bits per heavy atom. The SMILES string of the molecule is [B]c1c([B])c([B])c2c(c1[B])c1c([B])c(-c3ccc4c(c3)c3cccc(-c5ccccc5)c3n4-c3cccc(-c4ccccc4)c3)c([B])c([B])c1n2-c1ccc(-c2ccc(-c3ccccc3)cc2)cc1. The maximum Gasteiger partial charge on any atom is 0.115 e. The lowest BCUT2D eigenvalue weighted by Gasteiger charge is -2.19. The lowest BCUT2D eigenvalue weighted by atomic mass is 9.64. The van der Waals surface area contributed by atoms with Crippen LogP contribution in [0.5, 0.6) is 0 Å². The highest BCUT2D eigenvalue weighted by molar-refractivity contribution is 6.69. The van der Waals surface area contributed by atoms with Crippen LogP contribution in [0.4, 0.5) is 0 Å². The Bertz CT molecular complexity index is 3990. The molecular formula is C60H33B7N2. The maximum atomic E-state index is 7.44. The third-order valence-corrected chi connectivity index (χ3v) is 13.7. The summed E-state index contributed by atoms with van der Waals surface area (Å²) in [5.41, 5.74) is 17.1. The number of benzene rings is 10. The van der Waals surface area contributed by atoms with E-state index < -0.39 is 0 Å². The molecule has 14 radical (unpaired) electrons. The zero-order valence-corrected chi connectivity index (χ0v) is 37.5. The van der Waals surface area contributed by atoms with Crippen molar-refractivity contribution in [2.24, 2.45) is 0 Å². The minimum atomic E-state index is 0.171. The summed E-state index contributed by atoms with van der Waals surface area (Å²) >= 11 is 0. The molecule has 304 valence electrons. The van der Waals surface area contributed by atoms with Crippen LogP contribution < -0.4 is 38.2 Å². The van der Waals surface area contributed by atoms with Crippen LogP contribution in [0.25, 0.3) is 111 Å². The van der Waals surface area contributed by atoms with Crippen molar-refractivity contribution in [3.8, 4) is 67.0 Å². The van der Waals surface area contributed by atoms with Crippen molar-refractivity contribution in [2.75, 3.05) is 0 Å². The predicted octanol–water partition coefficient (Wildman–Crippen LogP) is 7.77. The summed E-state index contributed by atoms with van der Waals surface area (Å²) in [6.45, 7) is 0. The molecule has 0 unspecified atom stereocenters. The molecule has 0 aliphatic carbocycles. The zero-order chi connectivity index (χ0) is 47.1.